The lowest BCUT2D eigenvalue weighted by Gasteiger charge is -2.26. The Morgan fingerprint density at radius 3 is 2.43 bits per heavy atom. The van der Waals surface area contributed by atoms with Crippen LogP contribution >= 0.6 is 15.9 Å². The predicted octanol–water partition coefficient (Wildman–Crippen LogP) is 3.50. The minimum absolute atomic E-state index is 0.0170. The molecule has 0 saturated heterocycles. The Bertz CT molecular complexity index is 525. The van der Waals surface area contributed by atoms with Crippen molar-refractivity contribution in [2.24, 2.45) is 0 Å². The van der Waals surface area contributed by atoms with Crippen LogP contribution in [-0.4, -0.2) is 23.2 Å². The van der Waals surface area contributed by atoms with E-state index in [0.29, 0.717) is 25.7 Å². The monoisotopic (exact) mass is 365 g/mol. The van der Waals surface area contributed by atoms with E-state index in [1.165, 1.54) is 12.1 Å². The second kappa shape index (κ2) is 6.36. The molecule has 0 aromatic heterocycles. The van der Waals surface area contributed by atoms with E-state index in [4.69, 9.17) is 0 Å². The van der Waals surface area contributed by atoms with Gasteiger partial charge >= 0.3 is 6.18 Å². The fourth-order valence-corrected chi connectivity index (χ4v) is 2.84. The maximum absolute atomic E-state index is 12.8. The molecule has 0 radical (unpaired) electrons. The van der Waals surface area contributed by atoms with Gasteiger partial charge in [-0.2, -0.15) is 13.2 Å². The molecule has 116 valence electrons. The smallest absolute Gasteiger partial charge is 0.393 e. The topological polar surface area (TPSA) is 49.3 Å². The summed E-state index contributed by atoms with van der Waals surface area (Å²) in [4.78, 5) is 12.0. The summed E-state index contributed by atoms with van der Waals surface area (Å²) in [5.41, 5.74) is -0.883. The van der Waals surface area contributed by atoms with E-state index in [1.54, 1.807) is 0 Å². The van der Waals surface area contributed by atoms with E-state index >= 15 is 0 Å². The zero-order valence-corrected chi connectivity index (χ0v) is 12.7. The van der Waals surface area contributed by atoms with Crippen molar-refractivity contribution in [2.75, 3.05) is 0 Å². The van der Waals surface area contributed by atoms with Gasteiger partial charge in [-0.05, 0) is 43.9 Å². The van der Waals surface area contributed by atoms with E-state index in [2.05, 4.69) is 21.2 Å². The Hall–Kier alpha value is -1.08. The number of aliphatic hydroxyl groups is 1. The number of amides is 1. The van der Waals surface area contributed by atoms with E-state index in [0.717, 1.165) is 6.07 Å². The molecule has 1 amide bonds. The number of carbonyl (C=O) groups is 1. The van der Waals surface area contributed by atoms with Crippen molar-refractivity contribution in [3.8, 4) is 0 Å². The lowest BCUT2D eigenvalue weighted by molar-refractivity contribution is -0.138. The van der Waals surface area contributed by atoms with Crippen molar-refractivity contribution in [3.63, 3.8) is 0 Å². The van der Waals surface area contributed by atoms with Gasteiger partial charge in [0.15, 0.2) is 0 Å². The molecule has 1 fully saturated rings. The molecule has 1 aromatic carbocycles. The molecule has 2 N–H and O–H groups in total. The molecule has 1 aliphatic carbocycles. The molecular weight excluding hydrogens is 351 g/mol. The normalized spacial score (nSPS) is 22.9. The van der Waals surface area contributed by atoms with Crippen LogP contribution in [0.25, 0.3) is 0 Å². The molecule has 0 spiro atoms. The minimum Gasteiger partial charge on any atom is -0.393 e. The van der Waals surface area contributed by atoms with Gasteiger partial charge in [-0.3, -0.25) is 4.79 Å². The van der Waals surface area contributed by atoms with Crippen molar-refractivity contribution in [1.82, 2.24) is 5.32 Å². The first-order valence-corrected chi connectivity index (χ1v) is 7.42. The van der Waals surface area contributed by atoms with E-state index in [1.807, 2.05) is 0 Å². The van der Waals surface area contributed by atoms with Gasteiger partial charge in [-0.25, -0.2) is 0 Å². The van der Waals surface area contributed by atoms with Crippen LogP contribution in [0.5, 0.6) is 0 Å². The summed E-state index contributed by atoms with van der Waals surface area (Å²) in [6.45, 7) is 0. The van der Waals surface area contributed by atoms with Crippen molar-refractivity contribution >= 4 is 21.8 Å². The average Bonchev–Trinajstić information content (AvgIpc) is 2.40. The molecule has 1 aliphatic rings. The molecule has 21 heavy (non-hydrogen) atoms. The van der Waals surface area contributed by atoms with Crippen molar-refractivity contribution in [3.05, 3.63) is 33.8 Å². The summed E-state index contributed by atoms with van der Waals surface area (Å²) >= 11 is 2.84. The number of alkyl halides is 3. The Morgan fingerprint density at radius 1 is 1.24 bits per heavy atom. The summed E-state index contributed by atoms with van der Waals surface area (Å²) in [7, 11) is 0. The highest BCUT2D eigenvalue weighted by atomic mass is 79.9. The quantitative estimate of drug-likeness (QED) is 0.842. The summed E-state index contributed by atoms with van der Waals surface area (Å²) in [5, 5.41) is 12.1. The van der Waals surface area contributed by atoms with Crippen LogP contribution in [0.4, 0.5) is 13.2 Å². The molecule has 0 heterocycles. The first kappa shape index (κ1) is 16.3. The summed E-state index contributed by atoms with van der Waals surface area (Å²) < 4.78 is 38.3. The van der Waals surface area contributed by atoms with Gasteiger partial charge in [-0.1, -0.05) is 15.9 Å². The fourth-order valence-electron chi connectivity index (χ4n) is 2.37. The number of nitrogens with one attached hydrogen (secondary N) is 1. The molecule has 7 heteroatoms. The minimum atomic E-state index is -4.51. The molecule has 1 aromatic rings. The van der Waals surface area contributed by atoms with Gasteiger partial charge in [0.05, 0.1) is 11.7 Å². The maximum Gasteiger partial charge on any atom is 0.417 e. The zero-order valence-electron chi connectivity index (χ0n) is 11.1. The second-order valence-corrected chi connectivity index (χ2v) is 6.03. The number of aliphatic hydroxyl groups excluding tert-OH is 1. The first-order chi connectivity index (χ1) is 9.77. The Balaban J connectivity index is 2.09. The van der Waals surface area contributed by atoms with Crippen LogP contribution in [0.15, 0.2) is 22.7 Å². The number of rotatable bonds is 2. The van der Waals surface area contributed by atoms with Gasteiger partial charge in [0.1, 0.15) is 0 Å². The molecule has 1 saturated carbocycles. The highest BCUT2D eigenvalue weighted by Crippen LogP contribution is 2.35. The highest BCUT2D eigenvalue weighted by Gasteiger charge is 2.33. The van der Waals surface area contributed by atoms with Gasteiger partial charge < -0.3 is 10.4 Å². The van der Waals surface area contributed by atoms with Crippen LogP contribution in [0, 0.1) is 0 Å². The summed E-state index contributed by atoms with van der Waals surface area (Å²) in [5.74, 6) is -0.519. The third-order valence-corrected chi connectivity index (χ3v) is 4.26. The highest BCUT2D eigenvalue weighted by molar-refractivity contribution is 9.10. The van der Waals surface area contributed by atoms with Gasteiger partial charge in [-0.15, -0.1) is 0 Å². The maximum atomic E-state index is 12.8. The van der Waals surface area contributed by atoms with Crippen LogP contribution in [0.3, 0.4) is 0 Å². The summed E-state index contributed by atoms with van der Waals surface area (Å²) in [6, 6.07) is 3.32. The SMILES string of the molecule is O=C(NC1CCC(O)CC1)c1ccc(Br)c(C(F)(F)F)c1. The van der Waals surface area contributed by atoms with Gasteiger partial charge in [0.2, 0.25) is 0 Å². The Morgan fingerprint density at radius 2 is 1.86 bits per heavy atom. The number of hydrogen-bond donors (Lipinski definition) is 2. The van der Waals surface area contributed by atoms with Gasteiger partial charge in [0.25, 0.3) is 5.91 Å². The average molecular weight is 366 g/mol. The number of benzene rings is 1. The lowest BCUT2D eigenvalue weighted by Crippen LogP contribution is -2.38. The van der Waals surface area contributed by atoms with Crippen LogP contribution in [0.1, 0.15) is 41.6 Å². The fraction of sp³-hybridized carbons (Fsp3) is 0.500. The van der Waals surface area contributed by atoms with E-state index < -0.39 is 17.6 Å². The third-order valence-electron chi connectivity index (χ3n) is 3.57. The lowest BCUT2D eigenvalue weighted by atomic mass is 9.93. The van der Waals surface area contributed by atoms with Crippen molar-refractivity contribution in [1.29, 1.82) is 0 Å². The molecule has 0 atom stereocenters. The standard InChI is InChI=1S/C14H15BrF3NO2/c15-12-6-1-8(7-11(12)14(16,17)18)13(21)19-9-2-4-10(20)5-3-9/h1,6-7,9-10,20H,2-5H2,(H,19,21). The first-order valence-electron chi connectivity index (χ1n) is 6.63. The van der Waals surface area contributed by atoms with E-state index in [9.17, 15) is 23.1 Å². The Labute approximate surface area is 128 Å². The third kappa shape index (κ3) is 4.20. The number of halogens is 4. The number of carbonyl (C=O) groups excluding carboxylic acids is 1. The Kier molecular flexibility index (Phi) is 4.93. The largest absolute Gasteiger partial charge is 0.417 e. The zero-order chi connectivity index (χ0) is 15.6. The molecule has 2 rings (SSSR count). The predicted molar refractivity (Wildman–Crippen MR) is 74.9 cm³/mol. The van der Waals surface area contributed by atoms with Crippen LogP contribution in [0.2, 0.25) is 0 Å². The van der Waals surface area contributed by atoms with Crippen LogP contribution < -0.4 is 5.32 Å². The molecule has 0 aliphatic heterocycles. The summed E-state index contributed by atoms with van der Waals surface area (Å²) in [6.07, 6.45) is -2.39. The molecule has 0 unspecified atom stereocenters. The number of hydrogen-bond acceptors (Lipinski definition) is 2. The second-order valence-electron chi connectivity index (χ2n) is 5.17. The molecular formula is C14H15BrF3NO2. The van der Waals surface area contributed by atoms with Gasteiger partial charge in [0, 0.05) is 16.1 Å². The van der Waals surface area contributed by atoms with E-state index in [-0.39, 0.29) is 22.2 Å². The van der Waals surface area contributed by atoms with Crippen molar-refractivity contribution < 1.29 is 23.1 Å². The van der Waals surface area contributed by atoms with Crippen molar-refractivity contribution in [2.45, 2.75) is 44.0 Å². The molecule has 3 nitrogen and oxygen atoms in total. The van der Waals surface area contributed by atoms with Crippen LogP contribution in [-0.2, 0) is 6.18 Å². The molecule has 0 bridgehead atoms.